The first kappa shape index (κ1) is 26.9. The summed E-state index contributed by atoms with van der Waals surface area (Å²) in [6, 6.07) is 18.5. The number of phenolic OH excluding ortho intramolecular Hbond substituents is 1. The van der Waals surface area contributed by atoms with Gasteiger partial charge >= 0.3 is 5.97 Å². The van der Waals surface area contributed by atoms with E-state index in [1.54, 1.807) is 12.1 Å². The number of cyclic esters (lactones) is 1. The van der Waals surface area contributed by atoms with Crippen molar-refractivity contribution in [2.75, 3.05) is 40.7 Å². The molecule has 42 heavy (non-hydrogen) atoms. The third-order valence-corrected chi connectivity index (χ3v) is 9.30. The van der Waals surface area contributed by atoms with Crippen LogP contribution < -0.4 is 24.3 Å². The maximum atomic E-state index is 13.4. The Hall–Kier alpha value is -3.95. The predicted molar refractivity (Wildman–Crippen MR) is 154 cm³/mol. The van der Waals surface area contributed by atoms with E-state index in [2.05, 4.69) is 46.6 Å². The van der Waals surface area contributed by atoms with Gasteiger partial charge in [-0.1, -0.05) is 30.3 Å². The maximum Gasteiger partial charge on any atom is 0.310 e. The van der Waals surface area contributed by atoms with Crippen molar-refractivity contribution >= 4 is 5.97 Å². The van der Waals surface area contributed by atoms with Gasteiger partial charge in [0.05, 0.1) is 26.7 Å². The number of rotatable bonds is 7. The first-order valence-electron chi connectivity index (χ1n) is 14.6. The fourth-order valence-electron chi connectivity index (χ4n) is 7.22. The lowest BCUT2D eigenvalue weighted by Crippen LogP contribution is -2.48. The number of likely N-dealkylation sites (tertiary alicyclic amines) is 1. The molecule has 7 rings (SSSR count). The van der Waals surface area contributed by atoms with Crippen molar-refractivity contribution in [2.45, 2.75) is 37.4 Å². The predicted octanol–water partition coefficient (Wildman–Crippen LogP) is 4.37. The van der Waals surface area contributed by atoms with Crippen LogP contribution in [0.2, 0.25) is 0 Å². The molecule has 2 N–H and O–H groups in total. The summed E-state index contributed by atoms with van der Waals surface area (Å²) in [5.41, 5.74) is 4.21. The van der Waals surface area contributed by atoms with Crippen LogP contribution in [0.25, 0.3) is 0 Å². The molecule has 0 saturated carbocycles. The minimum absolute atomic E-state index is 0.0748. The number of carbonyl (C=O) groups excluding carboxylic acids is 1. The fourth-order valence-corrected chi connectivity index (χ4v) is 7.22. The number of nitrogens with one attached hydrogen (secondary N) is 1. The van der Waals surface area contributed by atoms with E-state index in [1.165, 1.54) is 19.8 Å². The van der Waals surface area contributed by atoms with Crippen LogP contribution in [0.1, 0.15) is 47.1 Å². The van der Waals surface area contributed by atoms with Crippen molar-refractivity contribution in [3.63, 3.8) is 0 Å². The fraction of sp³-hybridized carbons (Fsp3) is 0.424. The molecule has 220 valence electrons. The van der Waals surface area contributed by atoms with Crippen molar-refractivity contribution in [2.24, 2.45) is 11.8 Å². The first-order valence-corrected chi connectivity index (χ1v) is 14.6. The Morgan fingerprint density at radius 2 is 1.60 bits per heavy atom. The third kappa shape index (κ3) is 4.70. The Bertz CT molecular complexity index is 1450. The highest BCUT2D eigenvalue weighted by Crippen LogP contribution is 2.55. The molecule has 3 aromatic rings. The van der Waals surface area contributed by atoms with Crippen molar-refractivity contribution in [3.05, 3.63) is 76.9 Å². The smallest absolute Gasteiger partial charge is 0.310 e. The molecule has 3 heterocycles. The molecule has 0 amide bonds. The van der Waals surface area contributed by atoms with Gasteiger partial charge in [-0.05, 0) is 72.5 Å². The normalized spacial score (nSPS) is 25.0. The highest BCUT2D eigenvalue weighted by Gasteiger charge is 2.53. The number of esters is 1. The monoisotopic (exact) mass is 572 g/mol. The summed E-state index contributed by atoms with van der Waals surface area (Å²) in [4.78, 5) is 15.9. The molecule has 4 aliphatic rings. The van der Waals surface area contributed by atoms with Gasteiger partial charge < -0.3 is 34.1 Å². The Morgan fingerprint density at radius 3 is 2.26 bits per heavy atom. The summed E-state index contributed by atoms with van der Waals surface area (Å²) < 4.78 is 28.3. The van der Waals surface area contributed by atoms with Crippen LogP contribution in [0.15, 0.2) is 54.6 Å². The van der Waals surface area contributed by atoms with Crippen LogP contribution in [0.5, 0.6) is 28.7 Å². The lowest BCUT2D eigenvalue weighted by molar-refractivity contribution is -0.141. The molecule has 3 aliphatic heterocycles. The Kier molecular flexibility index (Phi) is 7.07. The quantitative estimate of drug-likeness (QED) is 0.400. The van der Waals surface area contributed by atoms with Gasteiger partial charge in [-0.3, -0.25) is 9.69 Å². The lowest BCUT2D eigenvalue weighted by Gasteiger charge is -2.42. The van der Waals surface area contributed by atoms with E-state index in [0.717, 1.165) is 49.2 Å². The maximum absolute atomic E-state index is 13.4. The SMILES string of the molecule is COc1cc(C2c3cc4c(cc3[C@@H](NC3CCN(Cc5ccccc5)CC3)C3COC(=O)[C@H]23)OCO4)cc(OC)c1O. The van der Waals surface area contributed by atoms with Gasteiger partial charge in [-0.2, -0.15) is 0 Å². The van der Waals surface area contributed by atoms with E-state index in [4.69, 9.17) is 23.7 Å². The number of benzene rings is 3. The standard InChI is InChI=1S/C33H36N2O7/c1-38-27-12-20(13-28(39-2)32(27)36)29-22-14-25-26(42-18-41-25)15-23(22)31(24-17-40-33(37)30(24)29)34-21-8-10-35(11-9-21)16-19-6-4-3-5-7-19/h3-7,12-15,21,24,29-31,34,36H,8-11,16-18H2,1-2H3/t24?,29?,30-,31+/m0/s1. The van der Waals surface area contributed by atoms with E-state index in [9.17, 15) is 9.90 Å². The molecule has 2 saturated heterocycles. The number of carbonyl (C=O) groups is 1. The number of ether oxygens (including phenoxy) is 5. The second kappa shape index (κ2) is 11.0. The molecule has 2 unspecified atom stereocenters. The summed E-state index contributed by atoms with van der Waals surface area (Å²) in [5.74, 6) is 0.808. The van der Waals surface area contributed by atoms with E-state index < -0.39 is 5.92 Å². The molecule has 1 aliphatic carbocycles. The zero-order valence-corrected chi connectivity index (χ0v) is 23.9. The van der Waals surface area contributed by atoms with Gasteiger partial charge in [0, 0.05) is 30.5 Å². The summed E-state index contributed by atoms with van der Waals surface area (Å²) in [6.45, 7) is 3.47. The third-order valence-electron chi connectivity index (χ3n) is 9.30. The zero-order valence-electron chi connectivity index (χ0n) is 23.9. The van der Waals surface area contributed by atoms with Crippen molar-refractivity contribution < 1.29 is 33.6 Å². The average molecular weight is 573 g/mol. The molecule has 0 spiro atoms. The summed E-state index contributed by atoms with van der Waals surface area (Å²) in [5, 5.41) is 14.6. The molecule has 0 radical (unpaired) electrons. The van der Waals surface area contributed by atoms with Crippen LogP contribution in [0, 0.1) is 11.8 Å². The van der Waals surface area contributed by atoms with Crippen molar-refractivity contribution in [1.82, 2.24) is 10.2 Å². The average Bonchev–Trinajstić information content (AvgIpc) is 3.64. The molecule has 0 aromatic heterocycles. The highest BCUT2D eigenvalue weighted by atomic mass is 16.7. The van der Waals surface area contributed by atoms with Crippen LogP contribution in [0.3, 0.4) is 0 Å². The lowest BCUT2D eigenvalue weighted by atomic mass is 9.65. The Labute approximate surface area is 245 Å². The van der Waals surface area contributed by atoms with Gasteiger partial charge in [0.1, 0.15) is 0 Å². The number of methoxy groups -OCH3 is 2. The van der Waals surface area contributed by atoms with Gasteiger partial charge in [0.15, 0.2) is 23.0 Å². The van der Waals surface area contributed by atoms with E-state index >= 15 is 0 Å². The van der Waals surface area contributed by atoms with E-state index in [-0.39, 0.29) is 47.9 Å². The number of aromatic hydroxyl groups is 1. The van der Waals surface area contributed by atoms with Crippen LogP contribution in [-0.2, 0) is 16.1 Å². The van der Waals surface area contributed by atoms with Crippen LogP contribution in [-0.4, -0.2) is 62.7 Å². The van der Waals surface area contributed by atoms with Gasteiger partial charge in [-0.25, -0.2) is 0 Å². The molecule has 0 bridgehead atoms. The molecular formula is C33H36N2O7. The van der Waals surface area contributed by atoms with Crippen molar-refractivity contribution in [1.29, 1.82) is 0 Å². The topological polar surface area (TPSA) is 98.7 Å². The van der Waals surface area contributed by atoms with Crippen molar-refractivity contribution in [3.8, 4) is 28.7 Å². The number of piperidine rings is 1. The van der Waals surface area contributed by atoms with Gasteiger partial charge in [-0.15, -0.1) is 0 Å². The molecule has 9 heteroatoms. The minimum atomic E-state index is -0.424. The molecule has 9 nitrogen and oxygen atoms in total. The number of hydrogen-bond acceptors (Lipinski definition) is 9. The van der Waals surface area contributed by atoms with Gasteiger partial charge in [0.25, 0.3) is 0 Å². The zero-order chi connectivity index (χ0) is 28.8. The Balaban J connectivity index is 1.22. The number of hydrogen-bond donors (Lipinski definition) is 2. The summed E-state index contributed by atoms with van der Waals surface area (Å²) >= 11 is 0. The van der Waals surface area contributed by atoms with Crippen LogP contribution >= 0.6 is 0 Å². The molecule has 2 fully saturated rings. The summed E-state index contributed by atoms with van der Waals surface area (Å²) in [7, 11) is 3.01. The number of nitrogens with zero attached hydrogens (tertiary/aromatic N) is 1. The van der Waals surface area contributed by atoms with Crippen LogP contribution in [0.4, 0.5) is 0 Å². The Morgan fingerprint density at radius 1 is 0.929 bits per heavy atom. The highest BCUT2D eigenvalue weighted by molar-refractivity contribution is 5.79. The molecule has 4 atom stereocenters. The first-order chi connectivity index (χ1) is 20.5. The van der Waals surface area contributed by atoms with Gasteiger partial charge in [0.2, 0.25) is 12.5 Å². The largest absolute Gasteiger partial charge is 0.502 e. The van der Waals surface area contributed by atoms with E-state index in [0.29, 0.717) is 24.1 Å². The van der Waals surface area contributed by atoms with E-state index in [1.807, 2.05) is 6.07 Å². The minimum Gasteiger partial charge on any atom is -0.502 e. The summed E-state index contributed by atoms with van der Waals surface area (Å²) in [6.07, 6.45) is 2.04. The second-order valence-electron chi connectivity index (χ2n) is 11.6. The second-order valence-corrected chi connectivity index (χ2v) is 11.6. The number of fused-ring (bicyclic) bond motifs is 3. The number of phenols is 1. The molecule has 3 aromatic carbocycles. The molecular weight excluding hydrogens is 536 g/mol.